The Bertz CT molecular complexity index is 430. The van der Waals surface area contributed by atoms with Crippen molar-refractivity contribution in [2.45, 2.75) is 19.4 Å². The third-order valence-corrected chi connectivity index (χ3v) is 3.27. The second kappa shape index (κ2) is 6.11. The van der Waals surface area contributed by atoms with Crippen molar-refractivity contribution in [1.29, 1.82) is 0 Å². The van der Waals surface area contributed by atoms with Gasteiger partial charge in [-0.25, -0.2) is 0 Å². The smallest absolute Gasteiger partial charge is 0.336 e. The van der Waals surface area contributed by atoms with E-state index in [1.54, 1.807) is 0 Å². The third-order valence-electron chi connectivity index (χ3n) is 2.29. The van der Waals surface area contributed by atoms with Crippen LogP contribution in [0.15, 0.2) is 30.3 Å². The van der Waals surface area contributed by atoms with Crippen LogP contribution >= 0.6 is 0 Å². The zero-order valence-corrected chi connectivity index (χ0v) is 10.5. The lowest BCUT2D eigenvalue weighted by Crippen LogP contribution is -2.37. The molecule has 0 aliphatic rings. The molecule has 1 atom stereocenters. The lowest BCUT2D eigenvalue weighted by atomic mass is 10.1. The first-order valence-electron chi connectivity index (χ1n) is 5.34. The number of benzene rings is 1. The van der Waals surface area contributed by atoms with Crippen LogP contribution in [-0.2, 0) is 16.7 Å². The quantitative estimate of drug-likeness (QED) is 0.738. The number of aliphatic hydroxyl groups excluding tert-OH is 1. The van der Waals surface area contributed by atoms with Crippen molar-refractivity contribution in [2.75, 3.05) is 13.1 Å². The fourth-order valence-corrected chi connectivity index (χ4v) is 2.22. The Labute approximate surface area is 102 Å². The number of hydrogen-bond acceptors (Lipinski definition) is 3. The highest BCUT2D eigenvalue weighted by Gasteiger charge is 2.20. The molecule has 0 amide bonds. The predicted octanol–water partition coefficient (Wildman–Crippen LogP) is 0.715. The standard InChI is InChI=1S/C11H17NO4S/c1-10(13)9-12(17(14,15)16)8-7-11-5-3-2-4-6-11/h2-6,10,13H,7-9H2,1H3,(H,14,15,16)/t10-/m0/s1. The largest absolute Gasteiger partial charge is 0.392 e. The van der Waals surface area contributed by atoms with Crippen LogP contribution in [0.5, 0.6) is 0 Å². The summed E-state index contributed by atoms with van der Waals surface area (Å²) >= 11 is 0. The van der Waals surface area contributed by atoms with E-state index < -0.39 is 16.4 Å². The van der Waals surface area contributed by atoms with Gasteiger partial charge >= 0.3 is 10.3 Å². The van der Waals surface area contributed by atoms with E-state index in [-0.39, 0.29) is 13.1 Å². The molecule has 0 fully saturated rings. The molecule has 0 aliphatic heterocycles. The van der Waals surface area contributed by atoms with Gasteiger partial charge in [0, 0.05) is 13.1 Å². The van der Waals surface area contributed by atoms with E-state index in [4.69, 9.17) is 9.66 Å². The van der Waals surface area contributed by atoms with Crippen LogP contribution in [0.3, 0.4) is 0 Å². The summed E-state index contributed by atoms with van der Waals surface area (Å²) in [5.74, 6) is 0. The summed E-state index contributed by atoms with van der Waals surface area (Å²) in [6.45, 7) is 1.51. The van der Waals surface area contributed by atoms with Crippen LogP contribution in [0.2, 0.25) is 0 Å². The molecule has 1 rings (SSSR count). The molecule has 17 heavy (non-hydrogen) atoms. The molecule has 0 saturated carbocycles. The van der Waals surface area contributed by atoms with Crippen molar-refractivity contribution in [3.05, 3.63) is 35.9 Å². The fraction of sp³-hybridized carbons (Fsp3) is 0.455. The van der Waals surface area contributed by atoms with Gasteiger partial charge in [-0.1, -0.05) is 30.3 Å². The number of nitrogens with zero attached hydrogens (tertiary/aromatic N) is 1. The Morgan fingerprint density at radius 1 is 1.29 bits per heavy atom. The maximum atomic E-state index is 11.1. The molecule has 0 heterocycles. The molecule has 6 heteroatoms. The Balaban J connectivity index is 2.62. The van der Waals surface area contributed by atoms with Gasteiger partial charge in [-0.15, -0.1) is 0 Å². The second-order valence-corrected chi connectivity index (χ2v) is 5.33. The zero-order valence-electron chi connectivity index (χ0n) is 9.65. The van der Waals surface area contributed by atoms with Crippen molar-refractivity contribution in [3.8, 4) is 0 Å². The Kier molecular flexibility index (Phi) is 5.07. The van der Waals surface area contributed by atoms with Gasteiger partial charge in [0.05, 0.1) is 6.10 Å². The topological polar surface area (TPSA) is 77.8 Å². The minimum atomic E-state index is -4.26. The highest BCUT2D eigenvalue weighted by atomic mass is 32.2. The highest BCUT2D eigenvalue weighted by molar-refractivity contribution is 7.83. The van der Waals surface area contributed by atoms with E-state index in [0.29, 0.717) is 6.42 Å². The Hall–Kier alpha value is -0.950. The van der Waals surface area contributed by atoms with E-state index in [2.05, 4.69) is 0 Å². The van der Waals surface area contributed by atoms with Gasteiger partial charge < -0.3 is 5.11 Å². The lowest BCUT2D eigenvalue weighted by Gasteiger charge is -2.19. The van der Waals surface area contributed by atoms with Gasteiger partial charge in [0.1, 0.15) is 0 Å². The van der Waals surface area contributed by atoms with Gasteiger partial charge in [0.2, 0.25) is 0 Å². The van der Waals surface area contributed by atoms with Crippen LogP contribution in [0, 0.1) is 0 Å². The predicted molar refractivity (Wildman–Crippen MR) is 64.9 cm³/mol. The summed E-state index contributed by atoms with van der Waals surface area (Å²) in [5, 5.41) is 9.17. The van der Waals surface area contributed by atoms with Gasteiger partial charge in [-0.2, -0.15) is 12.7 Å². The first-order chi connectivity index (χ1) is 7.89. The number of aliphatic hydroxyl groups is 1. The first kappa shape index (κ1) is 14.1. The van der Waals surface area contributed by atoms with Crippen molar-refractivity contribution in [1.82, 2.24) is 4.31 Å². The molecule has 0 bridgehead atoms. The minimum absolute atomic E-state index is 0.105. The molecule has 5 nitrogen and oxygen atoms in total. The van der Waals surface area contributed by atoms with Gasteiger partial charge in [0.25, 0.3) is 0 Å². The van der Waals surface area contributed by atoms with Crippen molar-refractivity contribution < 1.29 is 18.1 Å². The zero-order chi connectivity index (χ0) is 12.9. The minimum Gasteiger partial charge on any atom is -0.392 e. The van der Waals surface area contributed by atoms with Crippen molar-refractivity contribution in [3.63, 3.8) is 0 Å². The lowest BCUT2D eigenvalue weighted by molar-refractivity contribution is 0.159. The molecule has 96 valence electrons. The first-order valence-corrected chi connectivity index (χ1v) is 6.74. The molecule has 0 radical (unpaired) electrons. The SMILES string of the molecule is C[C@H](O)CN(CCc1ccccc1)S(=O)(=O)O. The Morgan fingerprint density at radius 2 is 1.88 bits per heavy atom. The molecule has 0 saturated heterocycles. The fourth-order valence-electron chi connectivity index (χ4n) is 1.49. The van der Waals surface area contributed by atoms with Crippen LogP contribution in [-0.4, -0.2) is 41.6 Å². The van der Waals surface area contributed by atoms with Crippen molar-refractivity contribution in [2.24, 2.45) is 0 Å². The summed E-state index contributed by atoms with van der Waals surface area (Å²) in [5.41, 5.74) is 0.978. The molecule has 0 aromatic heterocycles. The summed E-state index contributed by atoms with van der Waals surface area (Å²) in [7, 11) is -4.26. The highest BCUT2D eigenvalue weighted by Crippen LogP contribution is 2.05. The van der Waals surface area contributed by atoms with E-state index in [1.165, 1.54) is 6.92 Å². The molecule has 0 unspecified atom stereocenters. The molecule has 0 spiro atoms. The number of rotatable bonds is 6. The van der Waals surface area contributed by atoms with Crippen LogP contribution in [0.4, 0.5) is 0 Å². The average Bonchev–Trinajstić information content (AvgIpc) is 2.23. The third kappa shape index (κ3) is 5.27. The van der Waals surface area contributed by atoms with E-state index in [1.807, 2.05) is 30.3 Å². The van der Waals surface area contributed by atoms with Crippen molar-refractivity contribution >= 4 is 10.3 Å². The maximum Gasteiger partial charge on any atom is 0.336 e. The molecule has 1 aromatic rings. The van der Waals surface area contributed by atoms with Gasteiger partial charge in [-0.05, 0) is 18.9 Å². The molecule has 1 aromatic carbocycles. The van der Waals surface area contributed by atoms with Crippen LogP contribution < -0.4 is 0 Å². The second-order valence-electron chi connectivity index (χ2n) is 3.92. The summed E-state index contributed by atoms with van der Waals surface area (Å²) in [6.07, 6.45) is -0.319. The molecular formula is C11H17NO4S. The summed E-state index contributed by atoms with van der Waals surface area (Å²) in [4.78, 5) is 0. The van der Waals surface area contributed by atoms with Crippen LogP contribution in [0.25, 0.3) is 0 Å². The maximum absolute atomic E-state index is 11.1. The number of hydrogen-bond donors (Lipinski definition) is 2. The van der Waals surface area contributed by atoms with E-state index >= 15 is 0 Å². The van der Waals surface area contributed by atoms with E-state index in [9.17, 15) is 8.42 Å². The molecular weight excluding hydrogens is 242 g/mol. The summed E-state index contributed by atoms with van der Waals surface area (Å²) in [6, 6.07) is 9.36. The van der Waals surface area contributed by atoms with Gasteiger partial charge in [-0.3, -0.25) is 4.55 Å². The molecule has 0 aliphatic carbocycles. The Morgan fingerprint density at radius 3 is 2.35 bits per heavy atom. The van der Waals surface area contributed by atoms with E-state index in [0.717, 1.165) is 9.87 Å². The summed E-state index contributed by atoms with van der Waals surface area (Å²) < 4.78 is 32.0. The molecule has 2 N–H and O–H groups in total. The average molecular weight is 259 g/mol. The monoisotopic (exact) mass is 259 g/mol. The van der Waals surface area contributed by atoms with Crippen LogP contribution in [0.1, 0.15) is 12.5 Å². The van der Waals surface area contributed by atoms with Gasteiger partial charge in [0.15, 0.2) is 0 Å². The normalized spacial score (nSPS) is 13.9.